The highest BCUT2D eigenvalue weighted by molar-refractivity contribution is 7.98. The van der Waals surface area contributed by atoms with E-state index in [1.54, 1.807) is 24.4 Å². The topological polar surface area (TPSA) is 71.3 Å². The van der Waals surface area contributed by atoms with Crippen molar-refractivity contribution in [3.8, 4) is 0 Å². The maximum atomic E-state index is 13.6. The first kappa shape index (κ1) is 22.0. The molecular weight excluding hydrogens is 403 g/mol. The average Bonchev–Trinajstić information content (AvgIpc) is 3.04. The number of thioether (sulfide) groups is 1. The van der Waals surface area contributed by atoms with Gasteiger partial charge in [0.15, 0.2) is 0 Å². The molecule has 0 radical (unpaired) electrons. The largest absolute Gasteiger partial charge is 0.361 e. The predicted molar refractivity (Wildman–Crippen MR) is 115 cm³/mol. The summed E-state index contributed by atoms with van der Waals surface area (Å²) in [5.74, 6) is 0.872. The molecule has 0 aliphatic carbocycles. The van der Waals surface area contributed by atoms with Crippen molar-refractivity contribution in [2.24, 2.45) is 0 Å². The van der Waals surface area contributed by atoms with E-state index in [9.17, 15) is 9.18 Å². The molecule has 2 heterocycles. The molecule has 3 rings (SSSR count). The lowest BCUT2D eigenvalue weighted by Crippen LogP contribution is -2.34. The van der Waals surface area contributed by atoms with Gasteiger partial charge < -0.3 is 14.7 Å². The van der Waals surface area contributed by atoms with Crippen LogP contribution in [-0.2, 0) is 5.75 Å². The molecule has 6 nitrogen and oxygen atoms in total. The highest BCUT2D eigenvalue weighted by Gasteiger charge is 2.19. The summed E-state index contributed by atoms with van der Waals surface area (Å²) < 4.78 is 18.8. The van der Waals surface area contributed by atoms with Crippen LogP contribution in [0.2, 0.25) is 0 Å². The van der Waals surface area contributed by atoms with Crippen LogP contribution in [0, 0.1) is 19.7 Å². The maximum absolute atomic E-state index is 13.6. The van der Waals surface area contributed by atoms with E-state index in [0.717, 1.165) is 22.6 Å². The molecule has 0 aliphatic rings. The Morgan fingerprint density at radius 2 is 2.07 bits per heavy atom. The van der Waals surface area contributed by atoms with Crippen LogP contribution in [0.4, 0.5) is 4.39 Å². The van der Waals surface area contributed by atoms with Crippen molar-refractivity contribution in [1.82, 2.24) is 20.4 Å². The lowest BCUT2D eigenvalue weighted by Gasteiger charge is -2.25. The molecule has 0 saturated carbocycles. The molecule has 0 bridgehead atoms. The number of nitrogens with one attached hydrogen (secondary N) is 1. The SMILES string of the molecule is Cc1noc(C)c1CSc1ncccc1C(=O)NC[C@H](c1cccc(F)c1)N(C)C. The molecule has 1 N–H and O–H groups in total. The van der Waals surface area contributed by atoms with Crippen LogP contribution in [0.25, 0.3) is 0 Å². The number of pyridine rings is 1. The van der Waals surface area contributed by atoms with Crippen LogP contribution >= 0.6 is 11.8 Å². The smallest absolute Gasteiger partial charge is 0.254 e. The molecule has 0 spiro atoms. The van der Waals surface area contributed by atoms with E-state index in [2.05, 4.69) is 15.5 Å². The Labute approximate surface area is 179 Å². The van der Waals surface area contributed by atoms with Gasteiger partial charge in [0.1, 0.15) is 16.6 Å². The molecule has 1 atom stereocenters. The van der Waals surface area contributed by atoms with Crippen molar-refractivity contribution in [2.45, 2.75) is 30.7 Å². The zero-order valence-electron chi connectivity index (χ0n) is 17.5. The molecule has 158 valence electrons. The number of hydrogen-bond acceptors (Lipinski definition) is 6. The summed E-state index contributed by atoms with van der Waals surface area (Å²) in [4.78, 5) is 19.2. The highest BCUT2D eigenvalue weighted by Crippen LogP contribution is 2.27. The van der Waals surface area contributed by atoms with Crippen LogP contribution in [0.3, 0.4) is 0 Å². The Balaban J connectivity index is 1.70. The van der Waals surface area contributed by atoms with E-state index < -0.39 is 0 Å². The van der Waals surface area contributed by atoms with E-state index >= 15 is 0 Å². The van der Waals surface area contributed by atoms with E-state index in [0.29, 0.717) is 22.9 Å². The summed E-state index contributed by atoms with van der Waals surface area (Å²) in [5.41, 5.74) is 3.16. The fourth-order valence-electron chi connectivity index (χ4n) is 3.12. The number of nitrogens with zero attached hydrogens (tertiary/aromatic N) is 3. The molecular formula is C22H25FN4O2S. The molecule has 3 aromatic rings. The van der Waals surface area contributed by atoms with Gasteiger partial charge in [0.05, 0.1) is 17.3 Å². The molecule has 2 aromatic heterocycles. The quantitative estimate of drug-likeness (QED) is 0.544. The standard InChI is InChI=1S/C22H25FN4O2S/c1-14-19(15(2)29-26-14)13-30-22-18(9-6-10-24-22)21(28)25-12-20(27(3)4)16-7-5-8-17(23)11-16/h5-11,20H,12-13H2,1-4H3,(H,25,28)/t20-/m1/s1. The van der Waals surface area contributed by atoms with Crippen molar-refractivity contribution in [1.29, 1.82) is 0 Å². The number of hydrogen-bond donors (Lipinski definition) is 1. The van der Waals surface area contributed by atoms with Crippen molar-refractivity contribution < 1.29 is 13.7 Å². The van der Waals surface area contributed by atoms with Gasteiger partial charge in [0.25, 0.3) is 5.91 Å². The van der Waals surface area contributed by atoms with Crippen molar-refractivity contribution >= 4 is 17.7 Å². The molecule has 0 unspecified atom stereocenters. The minimum Gasteiger partial charge on any atom is -0.361 e. The second kappa shape index (κ2) is 9.86. The highest BCUT2D eigenvalue weighted by atomic mass is 32.2. The number of aromatic nitrogens is 2. The van der Waals surface area contributed by atoms with Gasteiger partial charge in [-0.1, -0.05) is 17.3 Å². The third-order valence-corrected chi connectivity index (χ3v) is 5.89. The second-order valence-corrected chi connectivity index (χ2v) is 8.16. The fraction of sp³-hybridized carbons (Fsp3) is 0.318. The van der Waals surface area contributed by atoms with Gasteiger partial charge in [0.2, 0.25) is 0 Å². The van der Waals surface area contributed by atoms with E-state index in [-0.39, 0.29) is 17.8 Å². The summed E-state index contributed by atoms with van der Waals surface area (Å²) in [7, 11) is 3.80. The fourth-order valence-corrected chi connectivity index (χ4v) is 4.27. The van der Waals surface area contributed by atoms with Gasteiger partial charge >= 0.3 is 0 Å². The monoisotopic (exact) mass is 428 g/mol. The Hall–Kier alpha value is -2.71. The van der Waals surface area contributed by atoms with Gasteiger partial charge in [-0.2, -0.15) is 0 Å². The Kier molecular flexibility index (Phi) is 7.23. The Bertz CT molecular complexity index is 1000. The molecule has 1 aromatic carbocycles. The molecule has 0 fully saturated rings. The van der Waals surface area contributed by atoms with Crippen molar-refractivity contribution in [3.63, 3.8) is 0 Å². The zero-order valence-corrected chi connectivity index (χ0v) is 18.3. The number of halogens is 1. The van der Waals surface area contributed by atoms with Crippen LogP contribution in [-0.4, -0.2) is 41.6 Å². The van der Waals surface area contributed by atoms with E-state index in [1.807, 2.05) is 38.9 Å². The molecule has 30 heavy (non-hydrogen) atoms. The molecule has 8 heteroatoms. The summed E-state index contributed by atoms with van der Waals surface area (Å²) in [6.45, 7) is 4.11. The number of amides is 1. The van der Waals surface area contributed by atoms with Crippen molar-refractivity contribution in [3.05, 3.63) is 76.6 Å². The number of rotatable bonds is 8. The average molecular weight is 429 g/mol. The van der Waals surface area contributed by atoms with Crippen LogP contribution < -0.4 is 5.32 Å². The Morgan fingerprint density at radius 3 is 2.73 bits per heavy atom. The second-order valence-electron chi connectivity index (χ2n) is 7.19. The van der Waals surface area contributed by atoms with Gasteiger partial charge in [-0.25, -0.2) is 9.37 Å². The maximum Gasteiger partial charge on any atom is 0.254 e. The van der Waals surface area contributed by atoms with Crippen LogP contribution in [0.15, 0.2) is 52.1 Å². The van der Waals surface area contributed by atoms with Crippen LogP contribution in [0.1, 0.15) is 39.0 Å². The number of aryl methyl sites for hydroxylation is 2. The first-order chi connectivity index (χ1) is 14.4. The van der Waals surface area contributed by atoms with Crippen molar-refractivity contribution in [2.75, 3.05) is 20.6 Å². The third-order valence-electron chi connectivity index (χ3n) is 4.86. The van der Waals surface area contributed by atoms with Gasteiger partial charge in [-0.05, 0) is 57.8 Å². The van der Waals surface area contributed by atoms with E-state index in [1.165, 1.54) is 23.9 Å². The minimum absolute atomic E-state index is 0.153. The van der Waals surface area contributed by atoms with Gasteiger partial charge in [0, 0.05) is 24.1 Å². The normalized spacial score (nSPS) is 12.2. The minimum atomic E-state index is -0.295. The van der Waals surface area contributed by atoms with Gasteiger partial charge in [-0.15, -0.1) is 11.8 Å². The predicted octanol–water partition coefficient (Wildman–Crippen LogP) is 4.15. The summed E-state index contributed by atoms with van der Waals surface area (Å²) in [6.07, 6.45) is 1.67. The lowest BCUT2D eigenvalue weighted by atomic mass is 10.1. The number of likely N-dealkylation sites (N-methyl/N-ethyl adjacent to an activating group) is 1. The summed E-state index contributed by atoms with van der Waals surface area (Å²) in [6, 6.07) is 9.77. The lowest BCUT2D eigenvalue weighted by molar-refractivity contribution is 0.0938. The molecule has 1 amide bonds. The number of carbonyl (C=O) groups is 1. The number of carbonyl (C=O) groups excluding carboxylic acids is 1. The number of benzene rings is 1. The summed E-state index contributed by atoms with van der Waals surface area (Å²) >= 11 is 1.47. The zero-order chi connectivity index (χ0) is 21.7. The molecule has 0 aliphatic heterocycles. The van der Waals surface area contributed by atoms with E-state index in [4.69, 9.17) is 4.52 Å². The van der Waals surface area contributed by atoms with Crippen LogP contribution in [0.5, 0.6) is 0 Å². The first-order valence-corrected chi connectivity index (χ1v) is 10.5. The van der Waals surface area contributed by atoms with Gasteiger partial charge in [-0.3, -0.25) is 4.79 Å². The Morgan fingerprint density at radius 1 is 1.27 bits per heavy atom. The summed E-state index contributed by atoms with van der Waals surface area (Å²) in [5, 5.41) is 7.58. The molecule has 0 saturated heterocycles. The first-order valence-electron chi connectivity index (χ1n) is 9.56. The third kappa shape index (κ3) is 5.25.